The molecule has 3 rings (SSSR count). The fraction of sp³-hybridized carbons (Fsp3) is 0.167. The molecule has 5 nitrogen and oxygen atoms in total. The van der Waals surface area contributed by atoms with Crippen molar-refractivity contribution in [3.05, 3.63) is 59.2 Å². The van der Waals surface area contributed by atoms with E-state index < -0.39 is 17.5 Å². The molecule has 2 N–H and O–H groups in total. The van der Waals surface area contributed by atoms with Gasteiger partial charge in [0, 0.05) is 11.8 Å². The Morgan fingerprint density at radius 1 is 1.11 bits per heavy atom. The Balaban J connectivity index is 1.55. The molecule has 0 unspecified atom stereocenters. The number of carbonyl (C=O) groups is 1. The molecule has 1 aromatic heterocycles. The third-order valence-corrected chi connectivity index (χ3v) is 5.67. The number of nitrogens with zero attached hydrogens (tertiary/aromatic N) is 2. The first kappa shape index (κ1) is 19.2. The first-order valence-electron chi connectivity index (χ1n) is 7.96. The Morgan fingerprint density at radius 3 is 2.70 bits per heavy atom. The van der Waals surface area contributed by atoms with Gasteiger partial charge in [-0.1, -0.05) is 29.2 Å². The number of nitrogens with one attached hydrogen (secondary N) is 2. The molecule has 0 spiro atoms. The number of anilines is 3. The summed E-state index contributed by atoms with van der Waals surface area (Å²) in [5.41, 5.74) is 3.09. The smallest absolute Gasteiger partial charge is 0.234 e. The number of benzene rings is 2. The zero-order chi connectivity index (χ0) is 19.4. The maximum Gasteiger partial charge on any atom is 0.234 e. The summed E-state index contributed by atoms with van der Waals surface area (Å²) in [6, 6.07) is 8.89. The van der Waals surface area contributed by atoms with Gasteiger partial charge in [0.05, 0.1) is 11.4 Å². The van der Waals surface area contributed by atoms with E-state index in [1.807, 2.05) is 32.0 Å². The molecule has 0 saturated carbocycles. The molecule has 0 aliphatic carbocycles. The van der Waals surface area contributed by atoms with Crippen molar-refractivity contribution in [2.45, 2.75) is 18.2 Å². The monoisotopic (exact) mass is 406 g/mol. The van der Waals surface area contributed by atoms with E-state index in [2.05, 4.69) is 20.8 Å². The van der Waals surface area contributed by atoms with E-state index in [4.69, 9.17) is 0 Å². The van der Waals surface area contributed by atoms with Gasteiger partial charge in [0.1, 0.15) is 11.6 Å². The lowest BCUT2D eigenvalue weighted by atomic mass is 10.1. The Labute approximate surface area is 163 Å². The molecule has 1 heterocycles. The number of aryl methyl sites for hydroxylation is 2. The number of thioether (sulfide) groups is 1. The number of hydrogen-bond donors (Lipinski definition) is 2. The molecule has 0 aliphatic heterocycles. The number of rotatable bonds is 6. The Kier molecular flexibility index (Phi) is 6.02. The zero-order valence-electron chi connectivity index (χ0n) is 14.5. The maximum atomic E-state index is 13.5. The summed E-state index contributed by atoms with van der Waals surface area (Å²) < 4.78 is 27.3. The van der Waals surface area contributed by atoms with E-state index in [1.165, 1.54) is 34.2 Å². The van der Waals surface area contributed by atoms with Crippen LogP contribution in [0.3, 0.4) is 0 Å². The van der Waals surface area contributed by atoms with E-state index in [9.17, 15) is 13.6 Å². The standard InChI is InChI=1S/C18H16F2N4OS2/c1-10-3-5-13(7-11(10)2)21-17-23-24-18(27-17)26-9-16(25)22-15-8-12(19)4-6-14(15)20/h3-8H,9H2,1-2H3,(H,21,23)(H,22,25). The van der Waals surface area contributed by atoms with Crippen molar-refractivity contribution in [2.24, 2.45) is 0 Å². The van der Waals surface area contributed by atoms with Gasteiger partial charge in [0.25, 0.3) is 0 Å². The van der Waals surface area contributed by atoms with Gasteiger partial charge in [-0.2, -0.15) is 0 Å². The topological polar surface area (TPSA) is 66.9 Å². The first-order valence-corrected chi connectivity index (χ1v) is 9.76. The van der Waals surface area contributed by atoms with Crippen molar-refractivity contribution in [1.82, 2.24) is 10.2 Å². The number of aromatic nitrogens is 2. The van der Waals surface area contributed by atoms with Crippen LogP contribution in [-0.2, 0) is 4.79 Å². The average Bonchev–Trinajstić information content (AvgIpc) is 3.07. The van der Waals surface area contributed by atoms with Crippen molar-refractivity contribution in [3.63, 3.8) is 0 Å². The van der Waals surface area contributed by atoms with E-state index in [0.717, 1.165) is 23.9 Å². The van der Waals surface area contributed by atoms with Crippen LogP contribution in [0, 0.1) is 25.5 Å². The van der Waals surface area contributed by atoms with Crippen LogP contribution >= 0.6 is 23.1 Å². The molecular formula is C18H16F2N4OS2. The second-order valence-electron chi connectivity index (χ2n) is 5.76. The Morgan fingerprint density at radius 2 is 1.93 bits per heavy atom. The summed E-state index contributed by atoms with van der Waals surface area (Å²) in [5, 5.41) is 14.2. The molecule has 0 bridgehead atoms. The van der Waals surface area contributed by atoms with Gasteiger partial charge in [0.2, 0.25) is 11.0 Å². The van der Waals surface area contributed by atoms with Crippen LogP contribution < -0.4 is 10.6 Å². The Bertz CT molecular complexity index is 978. The molecule has 1 amide bonds. The number of amides is 1. The number of hydrogen-bond acceptors (Lipinski definition) is 6. The second kappa shape index (κ2) is 8.45. The molecule has 0 aliphatic rings. The summed E-state index contributed by atoms with van der Waals surface area (Å²) in [5.74, 6) is -1.76. The van der Waals surface area contributed by atoms with Gasteiger partial charge < -0.3 is 10.6 Å². The quantitative estimate of drug-likeness (QED) is 0.570. The van der Waals surface area contributed by atoms with E-state index in [1.54, 1.807) is 0 Å². The highest BCUT2D eigenvalue weighted by Gasteiger charge is 2.11. The highest BCUT2D eigenvalue weighted by molar-refractivity contribution is 8.01. The van der Waals surface area contributed by atoms with E-state index in [0.29, 0.717) is 9.47 Å². The molecule has 2 aromatic carbocycles. The van der Waals surface area contributed by atoms with Crippen molar-refractivity contribution in [2.75, 3.05) is 16.4 Å². The number of carbonyl (C=O) groups excluding carboxylic acids is 1. The van der Waals surface area contributed by atoms with Gasteiger partial charge in [0.15, 0.2) is 4.34 Å². The SMILES string of the molecule is Cc1ccc(Nc2nnc(SCC(=O)Nc3cc(F)ccc3F)s2)cc1C. The minimum Gasteiger partial charge on any atom is -0.330 e. The first-order chi connectivity index (χ1) is 12.9. The summed E-state index contributed by atoms with van der Waals surface area (Å²) in [6.45, 7) is 4.07. The van der Waals surface area contributed by atoms with Crippen LogP contribution in [0.25, 0.3) is 0 Å². The van der Waals surface area contributed by atoms with Crippen molar-refractivity contribution < 1.29 is 13.6 Å². The second-order valence-corrected chi connectivity index (χ2v) is 7.96. The van der Waals surface area contributed by atoms with Crippen molar-refractivity contribution >= 4 is 45.5 Å². The lowest BCUT2D eigenvalue weighted by Gasteiger charge is -2.05. The van der Waals surface area contributed by atoms with Crippen molar-refractivity contribution in [1.29, 1.82) is 0 Å². The molecule has 0 radical (unpaired) electrons. The fourth-order valence-corrected chi connectivity index (χ4v) is 3.74. The minimum absolute atomic E-state index is 0.00816. The summed E-state index contributed by atoms with van der Waals surface area (Å²) in [4.78, 5) is 11.9. The van der Waals surface area contributed by atoms with Crippen LogP contribution in [0.4, 0.5) is 25.3 Å². The van der Waals surface area contributed by atoms with Crippen LogP contribution in [-0.4, -0.2) is 21.9 Å². The number of halogens is 2. The lowest BCUT2D eigenvalue weighted by Crippen LogP contribution is -2.15. The fourth-order valence-electron chi connectivity index (χ4n) is 2.17. The summed E-state index contributed by atoms with van der Waals surface area (Å²) >= 11 is 2.48. The van der Waals surface area contributed by atoms with Crippen LogP contribution in [0.5, 0.6) is 0 Å². The van der Waals surface area contributed by atoms with Gasteiger partial charge >= 0.3 is 0 Å². The molecule has 0 atom stereocenters. The van der Waals surface area contributed by atoms with Gasteiger partial charge in [-0.25, -0.2) is 8.78 Å². The maximum absolute atomic E-state index is 13.5. The third kappa shape index (κ3) is 5.24. The van der Waals surface area contributed by atoms with Crippen LogP contribution in [0.1, 0.15) is 11.1 Å². The van der Waals surface area contributed by atoms with Gasteiger partial charge in [-0.3, -0.25) is 4.79 Å². The summed E-state index contributed by atoms with van der Waals surface area (Å²) in [6.07, 6.45) is 0. The van der Waals surface area contributed by atoms with Gasteiger partial charge in [-0.05, 0) is 49.2 Å². The predicted molar refractivity (Wildman–Crippen MR) is 105 cm³/mol. The molecular weight excluding hydrogens is 390 g/mol. The van der Waals surface area contributed by atoms with E-state index >= 15 is 0 Å². The van der Waals surface area contributed by atoms with Gasteiger partial charge in [-0.15, -0.1) is 10.2 Å². The predicted octanol–water partition coefficient (Wildman–Crippen LogP) is 4.91. The molecule has 0 saturated heterocycles. The zero-order valence-corrected chi connectivity index (χ0v) is 16.2. The largest absolute Gasteiger partial charge is 0.330 e. The van der Waals surface area contributed by atoms with E-state index in [-0.39, 0.29) is 11.4 Å². The Hall–Kier alpha value is -2.52. The average molecular weight is 406 g/mol. The molecule has 9 heteroatoms. The molecule has 0 fully saturated rings. The highest BCUT2D eigenvalue weighted by atomic mass is 32.2. The molecule has 140 valence electrons. The van der Waals surface area contributed by atoms with Crippen molar-refractivity contribution in [3.8, 4) is 0 Å². The van der Waals surface area contributed by atoms with Crippen LogP contribution in [0.15, 0.2) is 40.7 Å². The summed E-state index contributed by atoms with van der Waals surface area (Å²) in [7, 11) is 0. The normalized spacial score (nSPS) is 10.7. The molecule has 3 aromatic rings. The third-order valence-electron chi connectivity index (χ3n) is 3.69. The van der Waals surface area contributed by atoms with Crippen LogP contribution in [0.2, 0.25) is 0 Å². The lowest BCUT2D eigenvalue weighted by molar-refractivity contribution is -0.113. The highest BCUT2D eigenvalue weighted by Crippen LogP contribution is 2.28. The molecule has 27 heavy (non-hydrogen) atoms. The minimum atomic E-state index is -0.689.